The number of hydrogen-bond acceptors (Lipinski definition) is 0. The SMILES string of the molecule is CC1=[C-]CC(c2ccccc2)=C1.CC1=[C-]CC(c2ccccc2)=C1.CC1=[C-]CC(c2ccccc2)=C1.CC1=[C-]CC(c2ccccc2)=C1.C[Si](=[Hf+2])c1ccccc1.C[Si](=[Hf+2])c1ccccc1.Cl.Cl. The van der Waals surface area contributed by atoms with E-state index < -0.39 is 0 Å². The second kappa shape index (κ2) is 32.7. The van der Waals surface area contributed by atoms with Crippen molar-refractivity contribution in [3.63, 3.8) is 0 Å². The van der Waals surface area contributed by atoms with Gasteiger partial charge in [-0.05, 0) is 22.3 Å². The Hall–Kier alpha value is -4.01. The van der Waals surface area contributed by atoms with Gasteiger partial charge >= 0.3 is 141 Å². The van der Waals surface area contributed by atoms with Crippen molar-refractivity contribution in [1.29, 1.82) is 0 Å². The summed E-state index contributed by atoms with van der Waals surface area (Å²) in [5.41, 5.74) is 15.7. The largest absolute Gasteiger partial charge is 0.147 e. The Kier molecular flexibility index (Phi) is 28.1. The molecule has 4 aliphatic rings. The maximum absolute atomic E-state index is 3.29. The maximum atomic E-state index is 3.29. The minimum atomic E-state index is -0.0733. The average Bonchev–Trinajstić information content (AvgIpc) is 4.21. The van der Waals surface area contributed by atoms with E-state index in [-0.39, 0.29) is 35.8 Å². The Balaban J connectivity index is 0.000000216. The molecule has 0 N–H and O–H groups in total. The fourth-order valence-electron chi connectivity index (χ4n) is 7.12. The molecule has 0 atom stereocenters. The van der Waals surface area contributed by atoms with E-state index in [0.717, 1.165) is 25.7 Å². The molecule has 0 saturated heterocycles. The summed E-state index contributed by atoms with van der Waals surface area (Å²) < 4.78 is 0. The third kappa shape index (κ3) is 21.3. The minimum Gasteiger partial charge on any atom is -0.147 e. The standard InChI is InChI=1S/4C12H11.2C7H8Si.2ClH.2Hf/c4*1-10-7-8-12(9-10)11-5-3-2-4-6-11;2*1-8-7-5-3-2-4-6-7;;;;/h4*2-6,9H,8H2,1H3;2*2-6H,1H3;2*1H;;/q4*-1;;;;;2*+2. The van der Waals surface area contributed by atoms with Crippen LogP contribution in [-0.4, -0.2) is 11.0 Å². The van der Waals surface area contributed by atoms with E-state index >= 15 is 0 Å². The Morgan fingerprint density at radius 2 is 0.485 bits per heavy atom. The molecule has 0 saturated carbocycles. The van der Waals surface area contributed by atoms with E-state index in [9.17, 15) is 0 Å². The van der Waals surface area contributed by atoms with Gasteiger partial charge in [0.1, 0.15) is 0 Å². The van der Waals surface area contributed by atoms with Gasteiger partial charge < -0.3 is 0 Å². The van der Waals surface area contributed by atoms with E-state index in [1.165, 1.54) is 113 Å². The molecule has 0 aromatic heterocycles. The van der Waals surface area contributed by atoms with Crippen LogP contribution in [0.3, 0.4) is 0 Å². The number of benzene rings is 6. The van der Waals surface area contributed by atoms with Crippen LogP contribution in [0.5, 0.6) is 0 Å². The summed E-state index contributed by atoms with van der Waals surface area (Å²) in [4.78, 5) is 0. The summed E-state index contributed by atoms with van der Waals surface area (Å²) in [5.74, 6) is 0. The first-order valence-electron chi connectivity index (χ1n) is 22.6. The summed E-state index contributed by atoms with van der Waals surface area (Å²) in [5, 5.41) is 3.16. The third-order valence-corrected chi connectivity index (χ3v) is 19.4. The fraction of sp³-hybridized carbons (Fsp3) is 0.161. The normalized spacial score (nSPS) is 13.6. The van der Waals surface area contributed by atoms with Gasteiger partial charge in [0.25, 0.3) is 0 Å². The molecule has 10 rings (SSSR count). The van der Waals surface area contributed by atoms with Gasteiger partial charge in [0.05, 0.1) is 0 Å². The molecule has 0 amide bonds. The summed E-state index contributed by atoms with van der Waals surface area (Å²) in [7, 11) is 0. The predicted octanol–water partition coefficient (Wildman–Crippen LogP) is 15.9. The number of rotatable bonds is 6. The number of halogens is 2. The van der Waals surface area contributed by atoms with Crippen molar-refractivity contribution in [3.8, 4) is 0 Å². The molecule has 0 spiro atoms. The second-order valence-corrected chi connectivity index (χ2v) is 36.1. The minimum absolute atomic E-state index is 0. The smallest absolute Gasteiger partial charge is 0.147 e. The first kappa shape index (κ1) is 58.3. The molecule has 0 heterocycles. The first-order valence-corrected chi connectivity index (χ1v) is 37.4. The molecule has 68 heavy (non-hydrogen) atoms. The first-order chi connectivity index (χ1) is 32.0. The molecule has 0 nitrogen and oxygen atoms in total. The zero-order valence-electron chi connectivity index (χ0n) is 40.3. The topological polar surface area (TPSA) is 0 Å². The molecule has 6 aromatic carbocycles. The molecule has 6 aromatic rings. The number of allylic oxidation sites excluding steroid dienone is 16. The monoisotopic (exact) mass is 1290 g/mol. The van der Waals surface area contributed by atoms with E-state index in [4.69, 9.17) is 0 Å². The summed E-state index contributed by atoms with van der Waals surface area (Å²) in [6.45, 7) is 13.1. The van der Waals surface area contributed by atoms with Crippen LogP contribution < -0.4 is 10.4 Å². The van der Waals surface area contributed by atoms with Gasteiger partial charge in [0.15, 0.2) is 0 Å². The Morgan fingerprint density at radius 1 is 0.309 bits per heavy atom. The zero-order valence-corrected chi connectivity index (χ0v) is 51.1. The van der Waals surface area contributed by atoms with E-state index in [1.807, 2.05) is 24.3 Å². The van der Waals surface area contributed by atoms with Gasteiger partial charge in [0, 0.05) is 0 Å². The molecule has 0 radical (unpaired) electrons. The van der Waals surface area contributed by atoms with Gasteiger partial charge in [0.2, 0.25) is 0 Å². The molecule has 0 unspecified atom stereocenters. The van der Waals surface area contributed by atoms with Crippen molar-refractivity contribution in [1.82, 2.24) is 0 Å². The van der Waals surface area contributed by atoms with Crippen LogP contribution in [0.4, 0.5) is 0 Å². The van der Waals surface area contributed by atoms with E-state index in [1.54, 1.807) is 10.4 Å². The quantitative estimate of drug-likeness (QED) is 0.115. The van der Waals surface area contributed by atoms with Crippen LogP contribution in [0.1, 0.15) is 75.6 Å². The van der Waals surface area contributed by atoms with Gasteiger partial charge in [-0.15, -0.1) is 72.8 Å². The molecule has 4 aliphatic carbocycles. The van der Waals surface area contributed by atoms with Crippen LogP contribution in [0.15, 0.2) is 229 Å². The predicted molar refractivity (Wildman–Crippen MR) is 296 cm³/mol. The molecule has 0 fully saturated rings. The van der Waals surface area contributed by atoms with Crippen molar-refractivity contribution in [2.75, 3.05) is 0 Å². The summed E-state index contributed by atoms with van der Waals surface area (Å²) in [6, 6.07) is 63.5. The zero-order chi connectivity index (χ0) is 46.9. The fourth-order valence-corrected chi connectivity index (χ4v) is 12.1. The van der Waals surface area contributed by atoms with Gasteiger partial charge in [-0.3, -0.25) is 24.3 Å². The molecule has 0 bridgehead atoms. The molecular weight excluding hydrogens is 1230 g/mol. The summed E-state index contributed by atoms with van der Waals surface area (Å²) in [6.07, 6.45) is 25.9. The van der Waals surface area contributed by atoms with Crippen LogP contribution in [0, 0.1) is 24.3 Å². The molecule has 0 aliphatic heterocycles. The third-order valence-electron chi connectivity index (χ3n) is 10.8. The van der Waals surface area contributed by atoms with E-state index in [0.29, 0.717) is 0 Å². The van der Waals surface area contributed by atoms with Crippen LogP contribution in [0.25, 0.3) is 22.3 Å². The molecular formula is C62H62Cl2Hf2Si2. The summed E-state index contributed by atoms with van der Waals surface area (Å²) >= 11 is 2.72. The van der Waals surface area contributed by atoms with Crippen LogP contribution in [-0.2, 0) is 46.0 Å². The van der Waals surface area contributed by atoms with Crippen LogP contribution >= 0.6 is 24.8 Å². The van der Waals surface area contributed by atoms with Crippen LogP contribution in [0.2, 0.25) is 13.1 Å². The van der Waals surface area contributed by atoms with E-state index in [2.05, 4.69) is 247 Å². The van der Waals surface area contributed by atoms with Crippen molar-refractivity contribution >= 4 is 68.5 Å². The Labute approximate surface area is 451 Å². The average molecular weight is 1290 g/mol. The Bertz CT molecular complexity index is 2400. The van der Waals surface area contributed by atoms with Gasteiger partial charge in [-0.1, -0.05) is 149 Å². The van der Waals surface area contributed by atoms with Gasteiger partial charge in [-0.2, -0.15) is 0 Å². The van der Waals surface area contributed by atoms with Crippen molar-refractivity contribution in [2.45, 2.75) is 66.5 Å². The Morgan fingerprint density at radius 3 is 0.618 bits per heavy atom. The van der Waals surface area contributed by atoms with Crippen molar-refractivity contribution in [2.24, 2.45) is 0 Å². The van der Waals surface area contributed by atoms with Crippen molar-refractivity contribution < 1.29 is 46.0 Å². The number of hydrogen-bond donors (Lipinski definition) is 0. The van der Waals surface area contributed by atoms with Crippen molar-refractivity contribution in [3.05, 3.63) is 275 Å². The second-order valence-electron chi connectivity index (χ2n) is 16.3. The van der Waals surface area contributed by atoms with Gasteiger partial charge in [-0.25, -0.2) is 46.6 Å². The maximum Gasteiger partial charge on any atom is -0.147 e. The molecule has 340 valence electrons. The molecule has 6 heteroatoms.